The van der Waals surface area contributed by atoms with Gasteiger partial charge in [-0.05, 0) is 38.1 Å². The number of rotatable bonds is 3. The molecule has 1 aromatic heterocycles. The highest BCUT2D eigenvalue weighted by molar-refractivity contribution is 5.85. The summed E-state index contributed by atoms with van der Waals surface area (Å²) in [6.45, 7) is 2.16. The number of benzene rings is 1. The van der Waals surface area contributed by atoms with Gasteiger partial charge in [0.15, 0.2) is 0 Å². The van der Waals surface area contributed by atoms with E-state index in [1.807, 2.05) is 18.2 Å². The molecule has 4 nitrogen and oxygen atoms in total. The van der Waals surface area contributed by atoms with Gasteiger partial charge in [-0.2, -0.15) is 0 Å². The Morgan fingerprint density at radius 1 is 1.24 bits per heavy atom. The first-order chi connectivity index (χ1) is 9.79. The maximum absolute atomic E-state index is 5.50. The molecule has 1 aliphatic heterocycles. The van der Waals surface area contributed by atoms with Gasteiger partial charge in [-0.25, -0.2) is 4.98 Å². The molecule has 1 N–H and O–H groups in total. The van der Waals surface area contributed by atoms with E-state index in [9.17, 15) is 0 Å². The zero-order chi connectivity index (χ0) is 13.9. The third kappa shape index (κ3) is 3.22. The summed E-state index contributed by atoms with van der Waals surface area (Å²) >= 11 is 0. The van der Waals surface area contributed by atoms with Crippen LogP contribution in [0.2, 0.25) is 0 Å². The van der Waals surface area contributed by atoms with Crippen molar-refractivity contribution in [2.24, 2.45) is 0 Å². The third-order valence-electron chi connectivity index (χ3n) is 4.10. The summed E-state index contributed by atoms with van der Waals surface area (Å²) in [5.41, 5.74) is 2.06. The maximum Gasteiger partial charge on any atom is 0.237 e. The predicted molar refractivity (Wildman–Crippen MR) is 89.8 cm³/mol. The van der Waals surface area contributed by atoms with E-state index in [0.29, 0.717) is 11.9 Å². The van der Waals surface area contributed by atoms with E-state index in [1.165, 1.54) is 0 Å². The Bertz CT molecular complexity index is 599. The average molecular weight is 308 g/mol. The fourth-order valence-electron chi connectivity index (χ4n) is 2.88. The zero-order valence-corrected chi connectivity index (χ0v) is 13.3. The van der Waals surface area contributed by atoms with Gasteiger partial charge in [0, 0.05) is 18.5 Å². The lowest BCUT2D eigenvalue weighted by atomic mass is 10.0. The number of methoxy groups -OCH3 is 1. The van der Waals surface area contributed by atoms with Crippen molar-refractivity contribution in [1.82, 2.24) is 10.3 Å². The lowest BCUT2D eigenvalue weighted by Crippen LogP contribution is -2.41. The summed E-state index contributed by atoms with van der Waals surface area (Å²) < 4.78 is 5.50. The molecule has 21 heavy (non-hydrogen) atoms. The Hall–Kier alpha value is -1.52. The smallest absolute Gasteiger partial charge is 0.237 e. The van der Waals surface area contributed by atoms with Gasteiger partial charge in [0.2, 0.25) is 5.88 Å². The second kappa shape index (κ2) is 6.96. The van der Waals surface area contributed by atoms with Crippen molar-refractivity contribution in [1.29, 1.82) is 0 Å². The standard InChI is InChI=1S/C16H21N3O.ClH/c1-19(13-7-9-17-10-8-13)15-11-12-5-3-4-6-14(12)18-16(15)20-2;/h3-6,11,13,17H,7-10H2,1-2H3;1H. The number of halogens is 1. The van der Waals surface area contributed by atoms with Crippen LogP contribution in [0.3, 0.4) is 0 Å². The molecule has 1 saturated heterocycles. The Balaban J connectivity index is 0.00000161. The molecule has 0 radical (unpaired) electrons. The fourth-order valence-corrected chi connectivity index (χ4v) is 2.88. The normalized spacial score (nSPS) is 15.5. The number of nitrogens with zero attached hydrogens (tertiary/aromatic N) is 2. The van der Waals surface area contributed by atoms with Crippen LogP contribution < -0.4 is 15.0 Å². The molecule has 1 aromatic carbocycles. The molecule has 2 aromatic rings. The van der Waals surface area contributed by atoms with Crippen LogP contribution in [-0.2, 0) is 0 Å². The fraction of sp³-hybridized carbons (Fsp3) is 0.438. The van der Waals surface area contributed by atoms with Gasteiger partial charge in [-0.3, -0.25) is 0 Å². The number of hydrogen-bond donors (Lipinski definition) is 1. The molecule has 0 amide bonds. The summed E-state index contributed by atoms with van der Waals surface area (Å²) in [7, 11) is 3.83. The Labute approximate surface area is 131 Å². The van der Waals surface area contributed by atoms with E-state index < -0.39 is 0 Å². The van der Waals surface area contributed by atoms with Gasteiger partial charge in [0.1, 0.15) is 5.69 Å². The second-order valence-electron chi connectivity index (χ2n) is 5.30. The van der Waals surface area contributed by atoms with Crippen molar-refractivity contribution in [2.75, 3.05) is 32.1 Å². The van der Waals surface area contributed by atoms with Crippen molar-refractivity contribution in [3.8, 4) is 5.88 Å². The minimum Gasteiger partial charge on any atom is -0.480 e. The van der Waals surface area contributed by atoms with Crippen molar-refractivity contribution in [2.45, 2.75) is 18.9 Å². The number of ether oxygens (including phenoxy) is 1. The van der Waals surface area contributed by atoms with Crippen molar-refractivity contribution in [3.63, 3.8) is 0 Å². The summed E-state index contributed by atoms with van der Waals surface area (Å²) in [4.78, 5) is 6.95. The minimum absolute atomic E-state index is 0. The molecule has 1 aliphatic rings. The highest BCUT2D eigenvalue weighted by Gasteiger charge is 2.21. The van der Waals surface area contributed by atoms with Crippen molar-refractivity contribution >= 4 is 29.0 Å². The SMILES string of the molecule is COc1nc2ccccc2cc1N(C)C1CCNCC1.Cl. The number of para-hydroxylation sites is 1. The molecule has 0 aliphatic carbocycles. The van der Waals surface area contributed by atoms with E-state index in [4.69, 9.17) is 4.74 Å². The quantitative estimate of drug-likeness (QED) is 0.946. The first-order valence-electron chi connectivity index (χ1n) is 7.17. The average Bonchev–Trinajstić information content (AvgIpc) is 2.53. The number of nitrogens with one attached hydrogen (secondary N) is 1. The Morgan fingerprint density at radius 3 is 2.67 bits per heavy atom. The van der Waals surface area contributed by atoms with Gasteiger partial charge in [-0.15, -0.1) is 12.4 Å². The molecular formula is C16H22ClN3O. The van der Waals surface area contributed by atoms with Gasteiger partial charge < -0.3 is 15.0 Å². The molecule has 0 saturated carbocycles. The molecule has 114 valence electrons. The van der Waals surface area contributed by atoms with Crippen LogP contribution in [0, 0.1) is 0 Å². The van der Waals surface area contributed by atoms with Crippen LogP contribution in [0.25, 0.3) is 10.9 Å². The molecule has 1 fully saturated rings. The topological polar surface area (TPSA) is 37.4 Å². The van der Waals surface area contributed by atoms with Gasteiger partial charge >= 0.3 is 0 Å². The van der Waals surface area contributed by atoms with Gasteiger partial charge in [0.25, 0.3) is 0 Å². The molecule has 5 heteroatoms. The molecule has 3 rings (SSSR count). The molecule has 0 spiro atoms. The predicted octanol–water partition coefficient (Wildman–Crippen LogP) is 2.85. The molecule has 0 unspecified atom stereocenters. The monoisotopic (exact) mass is 307 g/mol. The Kier molecular flexibility index (Phi) is 5.26. The van der Waals surface area contributed by atoms with E-state index in [0.717, 1.165) is 42.5 Å². The van der Waals surface area contributed by atoms with E-state index in [-0.39, 0.29) is 12.4 Å². The summed E-state index contributed by atoms with van der Waals surface area (Å²) in [6, 6.07) is 10.9. The van der Waals surface area contributed by atoms with E-state index >= 15 is 0 Å². The lowest BCUT2D eigenvalue weighted by Gasteiger charge is -2.33. The van der Waals surface area contributed by atoms with Crippen LogP contribution in [0.4, 0.5) is 5.69 Å². The first-order valence-corrected chi connectivity index (χ1v) is 7.17. The van der Waals surface area contributed by atoms with E-state index in [2.05, 4.69) is 34.4 Å². The van der Waals surface area contributed by atoms with Gasteiger partial charge in [0.05, 0.1) is 12.6 Å². The zero-order valence-electron chi connectivity index (χ0n) is 12.5. The summed E-state index contributed by atoms with van der Waals surface area (Å²) in [5, 5.41) is 4.56. The van der Waals surface area contributed by atoms with Crippen LogP contribution in [0.15, 0.2) is 30.3 Å². The second-order valence-corrected chi connectivity index (χ2v) is 5.30. The minimum atomic E-state index is 0. The summed E-state index contributed by atoms with van der Waals surface area (Å²) in [5.74, 6) is 0.713. The van der Waals surface area contributed by atoms with Crippen LogP contribution in [0.1, 0.15) is 12.8 Å². The number of fused-ring (bicyclic) bond motifs is 1. The number of aromatic nitrogens is 1. The number of anilines is 1. The van der Waals surface area contributed by atoms with E-state index in [1.54, 1.807) is 7.11 Å². The van der Waals surface area contributed by atoms with Crippen molar-refractivity contribution < 1.29 is 4.74 Å². The number of piperidine rings is 1. The number of hydrogen-bond acceptors (Lipinski definition) is 4. The summed E-state index contributed by atoms with van der Waals surface area (Å²) in [6.07, 6.45) is 2.32. The number of pyridine rings is 1. The third-order valence-corrected chi connectivity index (χ3v) is 4.10. The Morgan fingerprint density at radius 2 is 1.95 bits per heavy atom. The van der Waals surface area contributed by atoms with Crippen LogP contribution in [0.5, 0.6) is 5.88 Å². The van der Waals surface area contributed by atoms with Gasteiger partial charge in [-0.1, -0.05) is 18.2 Å². The molecular weight excluding hydrogens is 286 g/mol. The largest absolute Gasteiger partial charge is 0.480 e. The first kappa shape index (κ1) is 15.9. The maximum atomic E-state index is 5.50. The highest BCUT2D eigenvalue weighted by Crippen LogP contribution is 2.31. The lowest BCUT2D eigenvalue weighted by molar-refractivity contribution is 0.393. The molecule has 0 bridgehead atoms. The van der Waals surface area contributed by atoms with Crippen LogP contribution >= 0.6 is 12.4 Å². The molecule has 2 heterocycles. The van der Waals surface area contributed by atoms with Crippen LogP contribution in [-0.4, -0.2) is 38.3 Å². The molecule has 0 atom stereocenters. The van der Waals surface area contributed by atoms with Crippen molar-refractivity contribution in [3.05, 3.63) is 30.3 Å². The highest BCUT2D eigenvalue weighted by atomic mass is 35.5.